The number of hydrogen-bond donors (Lipinski definition) is 2. The Hall–Kier alpha value is -3.44. The first-order chi connectivity index (χ1) is 22.9. The van der Waals surface area contributed by atoms with E-state index in [1.165, 1.54) is 6.07 Å². The molecular weight excluding hydrogens is 662 g/mol. The van der Waals surface area contributed by atoms with Gasteiger partial charge < -0.3 is 9.47 Å². The molecule has 2 unspecified atom stereocenters. The molecule has 0 bridgehead atoms. The highest BCUT2D eigenvalue weighted by molar-refractivity contribution is 6.30. The highest BCUT2D eigenvalue weighted by Gasteiger charge is 2.53. The molecule has 0 aromatic heterocycles. The van der Waals surface area contributed by atoms with Crippen LogP contribution in [0.5, 0.6) is 5.75 Å². The van der Waals surface area contributed by atoms with E-state index >= 15 is 0 Å². The fourth-order valence-corrected chi connectivity index (χ4v) is 6.58. The minimum Gasteiger partial charge on any atom is -0.491 e. The zero-order chi connectivity index (χ0) is 34.1. The van der Waals surface area contributed by atoms with Gasteiger partial charge in [-0.3, -0.25) is 20.3 Å². The molecule has 252 valence electrons. The minimum absolute atomic E-state index is 0.0521. The lowest BCUT2D eigenvalue weighted by molar-refractivity contribution is -0.137. The third-order valence-electron chi connectivity index (χ3n) is 8.68. The van der Waals surface area contributed by atoms with Crippen molar-refractivity contribution in [3.05, 3.63) is 134 Å². The molecule has 2 atom stereocenters. The molecule has 2 aliphatic rings. The lowest BCUT2D eigenvalue weighted by atomic mass is 9.88. The lowest BCUT2D eigenvalue weighted by Gasteiger charge is -2.33. The van der Waals surface area contributed by atoms with E-state index in [0.29, 0.717) is 35.4 Å². The van der Waals surface area contributed by atoms with Crippen LogP contribution in [0.4, 0.5) is 13.2 Å². The van der Waals surface area contributed by atoms with E-state index in [0.717, 1.165) is 41.9 Å². The van der Waals surface area contributed by atoms with Gasteiger partial charge in [-0.05, 0) is 66.9 Å². The third kappa shape index (κ3) is 7.42. The molecule has 2 aliphatic heterocycles. The van der Waals surface area contributed by atoms with Crippen LogP contribution in [0.15, 0.2) is 91.0 Å². The summed E-state index contributed by atoms with van der Waals surface area (Å²) in [6, 6.07) is 24.1. The number of Topliss-reactive ketones (excluding diaryl/α,β-unsaturated/α-hetero) is 1. The molecule has 0 amide bonds. The second-order valence-corrected chi connectivity index (χ2v) is 13.3. The topological polar surface area (TPSA) is 62.8 Å². The lowest BCUT2D eigenvalue weighted by Crippen LogP contribution is -2.53. The molecule has 2 N–H and O–H groups in total. The Bertz CT molecular complexity index is 1670. The summed E-state index contributed by atoms with van der Waals surface area (Å²) >= 11 is 12.5. The Morgan fingerprint density at radius 2 is 1.42 bits per heavy atom. The molecule has 0 aliphatic carbocycles. The number of carbonyl (C=O) groups is 1. The number of benzene rings is 4. The van der Waals surface area contributed by atoms with Crippen molar-refractivity contribution >= 4 is 29.0 Å². The summed E-state index contributed by atoms with van der Waals surface area (Å²) in [4.78, 5) is 17.3. The van der Waals surface area contributed by atoms with Crippen molar-refractivity contribution in [1.29, 1.82) is 0 Å². The monoisotopic (exact) mass is 697 g/mol. The number of hydrogen-bond acceptors (Lipinski definition) is 6. The Labute approximate surface area is 288 Å². The standard InChI is InChI=1S/C37H36Cl2F3N3O3/c1-23(2)48-32-21-28(37(40,41)42)11-16-31(32)36(35(46)27-5-3-24(4-6-27)22-45-17-19-47-20-18-45)43-33(25-7-12-29(38)13-8-25)34(44-36)26-9-14-30(39)15-10-26/h3-16,21,23,33-34,43-44H,17-20,22H2,1-2H3. The average molecular weight is 699 g/mol. The van der Waals surface area contributed by atoms with E-state index in [4.69, 9.17) is 32.7 Å². The van der Waals surface area contributed by atoms with Crippen molar-refractivity contribution in [3.8, 4) is 5.75 Å². The number of ether oxygens (including phenoxy) is 2. The molecule has 48 heavy (non-hydrogen) atoms. The predicted molar refractivity (Wildman–Crippen MR) is 180 cm³/mol. The maximum absolute atomic E-state index is 15.0. The minimum atomic E-state index is -4.62. The van der Waals surface area contributed by atoms with Crippen LogP contribution in [0.3, 0.4) is 0 Å². The molecule has 0 radical (unpaired) electrons. The highest BCUT2D eigenvalue weighted by atomic mass is 35.5. The van der Waals surface area contributed by atoms with Gasteiger partial charge in [-0.1, -0.05) is 77.8 Å². The zero-order valence-corrected chi connectivity index (χ0v) is 28.0. The zero-order valence-electron chi connectivity index (χ0n) is 26.5. The van der Waals surface area contributed by atoms with Gasteiger partial charge in [0.1, 0.15) is 5.75 Å². The van der Waals surface area contributed by atoms with Crippen LogP contribution in [-0.4, -0.2) is 43.1 Å². The van der Waals surface area contributed by atoms with Gasteiger partial charge in [0.2, 0.25) is 5.78 Å². The molecule has 0 spiro atoms. The average Bonchev–Trinajstić information content (AvgIpc) is 3.47. The molecule has 2 heterocycles. The summed E-state index contributed by atoms with van der Waals surface area (Å²) in [5.74, 6) is -0.423. The van der Waals surface area contributed by atoms with Crippen molar-refractivity contribution in [3.63, 3.8) is 0 Å². The second-order valence-electron chi connectivity index (χ2n) is 12.4. The van der Waals surface area contributed by atoms with Gasteiger partial charge in [-0.25, -0.2) is 0 Å². The number of halogens is 5. The Kier molecular flexibility index (Phi) is 10.2. The normalized spacial score (nSPS) is 21.8. The fraction of sp³-hybridized carbons (Fsp3) is 0.324. The molecule has 0 saturated carbocycles. The Balaban J connectivity index is 1.49. The largest absolute Gasteiger partial charge is 0.491 e. The number of carbonyl (C=O) groups excluding carboxylic acids is 1. The van der Waals surface area contributed by atoms with Gasteiger partial charge in [0, 0.05) is 40.8 Å². The summed E-state index contributed by atoms with van der Waals surface area (Å²) in [6.45, 7) is 7.16. The number of nitrogens with one attached hydrogen (secondary N) is 2. The van der Waals surface area contributed by atoms with Crippen LogP contribution in [0.1, 0.15) is 64.1 Å². The van der Waals surface area contributed by atoms with Crippen LogP contribution in [0.25, 0.3) is 0 Å². The van der Waals surface area contributed by atoms with Crippen LogP contribution < -0.4 is 15.4 Å². The van der Waals surface area contributed by atoms with Gasteiger partial charge in [0.05, 0.1) is 37.0 Å². The Morgan fingerprint density at radius 1 is 0.875 bits per heavy atom. The summed E-state index contributed by atoms with van der Waals surface area (Å²) < 4.78 is 53.5. The van der Waals surface area contributed by atoms with Crippen molar-refractivity contribution in [2.24, 2.45) is 0 Å². The van der Waals surface area contributed by atoms with Crippen molar-refractivity contribution in [1.82, 2.24) is 15.5 Å². The molecule has 4 aromatic rings. The fourth-order valence-electron chi connectivity index (χ4n) is 6.33. The van der Waals surface area contributed by atoms with Crippen LogP contribution in [0.2, 0.25) is 10.0 Å². The van der Waals surface area contributed by atoms with E-state index in [-0.39, 0.29) is 17.1 Å². The molecule has 4 aromatic carbocycles. The van der Waals surface area contributed by atoms with Gasteiger partial charge in [0.25, 0.3) is 0 Å². The van der Waals surface area contributed by atoms with Crippen LogP contribution in [0, 0.1) is 0 Å². The molecule has 2 saturated heterocycles. The van der Waals surface area contributed by atoms with E-state index in [2.05, 4.69) is 15.5 Å². The maximum Gasteiger partial charge on any atom is 0.416 e. The number of ketones is 1. The first-order valence-corrected chi connectivity index (χ1v) is 16.6. The number of rotatable bonds is 9. The molecule has 11 heteroatoms. The number of alkyl halides is 3. The number of nitrogens with zero attached hydrogens (tertiary/aromatic N) is 1. The quantitative estimate of drug-likeness (QED) is 0.172. The van der Waals surface area contributed by atoms with Gasteiger partial charge in [-0.15, -0.1) is 0 Å². The smallest absolute Gasteiger partial charge is 0.416 e. The highest BCUT2D eigenvalue weighted by Crippen LogP contribution is 2.46. The van der Waals surface area contributed by atoms with Crippen molar-refractivity contribution in [2.75, 3.05) is 26.3 Å². The second kappa shape index (κ2) is 14.2. The van der Waals surface area contributed by atoms with Gasteiger partial charge in [0.15, 0.2) is 5.66 Å². The summed E-state index contributed by atoms with van der Waals surface area (Å²) in [7, 11) is 0. The van der Waals surface area contributed by atoms with Crippen molar-refractivity contribution in [2.45, 2.75) is 50.4 Å². The van der Waals surface area contributed by atoms with Crippen LogP contribution in [-0.2, 0) is 23.1 Å². The van der Waals surface area contributed by atoms with Gasteiger partial charge in [-0.2, -0.15) is 13.2 Å². The maximum atomic E-state index is 15.0. The summed E-state index contributed by atoms with van der Waals surface area (Å²) in [5.41, 5.74) is 0.713. The van der Waals surface area contributed by atoms with E-state index < -0.39 is 35.6 Å². The predicted octanol–water partition coefficient (Wildman–Crippen LogP) is 8.34. The van der Waals surface area contributed by atoms with E-state index in [1.807, 2.05) is 36.4 Å². The first kappa shape index (κ1) is 34.4. The molecule has 6 rings (SSSR count). The van der Waals surface area contributed by atoms with Crippen LogP contribution >= 0.6 is 23.2 Å². The summed E-state index contributed by atoms with van der Waals surface area (Å²) in [5, 5.41) is 8.19. The molecule has 2 fully saturated rings. The van der Waals surface area contributed by atoms with Gasteiger partial charge >= 0.3 is 6.18 Å². The number of morpholine rings is 1. The summed E-state index contributed by atoms with van der Waals surface area (Å²) in [6.07, 6.45) is -5.09. The SMILES string of the molecule is CC(C)Oc1cc(C(F)(F)F)ccc1C1(C(=O)c2ccc(CN3CCOCC3)cc2)NC(c2ccc(Cl)cc2)C(c2ccc(Cl)cc2)N1. The Morgan fingerprint density at radius 3 is 1.92 bits per heavy atom. The van der Waals surface area contributed by atoms with E-state index in [9.17, 15) is 18.0 Å². The molecular formula is C37H36Cl2F3N3O3. The third-order valence-corrected chi connectivity index (χ3v) is 9.18. The van der Waals surface area contributed by atoms with E-state index in [1.54, 1.807) is 50.2 Å². The molecule has 6 nitrogen and oxygen atoms in total. The first-order valence-electron chi connectivity index (χ1n) is 15.8. The van der Waals surface area contributed by atoms with Crippen molar-refractivity contribution < 1.29 is 27.4 Å².